The zero-order valence-corrected chi connectivity index (χ0v) is 13.1. The fraction of sp³-hybridized carbons (Fsp3) is 0.562. The number of esters is 1. The molecule has 0 fully saturated rings. The van der Waals surface area contributed by atoms with Crippen molar-refractivity contribution in [2.45, 2.75) is 38.7 Å². The first-order chi connectivity index (χ1) is 12.8. The van der Waals surface area contributed by atoms with Crippen LogP contribution in [0.25, 0.3) is 0 Å². The van der Waals surface area contributed by atoms with Gasteiger partial charge in [0.1, 0.15) is 18.5 Å². The number of ether oxygens (including phenoxy) is 2. The zero-order chi connectivity index (χ0) is 21.6. The van der Waals surface area contributed by atoms with E-state index in [9.17, 15) is 9.90 Å². The minimum atomic E-state index is -3.11. The third-order valence-corrected chi connectivity index (χ3v) is 2.73. The molecule has 0 aromatic heterocycles. The molecule has 0 heterocycles. The van der Waals surface area contributed by atoms with Crippen molar-refractivity contribution in [3.63, 3.8) is 0 Å². The molecule has 0 saturated heterocycles. The number of aliphatic hydroxyl groups excluding tert-OH is 1. The number of hydrogen-bond acceptors (Lipinski definition) is 5. The molecule has 5 nitrogen and oxygen atoms in total. The van der Waals surface area contributed by atoms with Gasteiger partial charge in [0.2, 0.25) is 0 Å². The Morgan fingerprint density at radius 3 is 2.68 bits per heavy atom. The molecular weight excluding hydrogens is 306 g/mol. The molecule has 0 aliphatic rings. The summed E-state index contributed by atoms with van der Waals surface area (Å²) in [5.74, 6) is 0.125. The average molecular weight is 339 g/mol. The minimum absolute atomic E-state index is 0. The molecule has 1 aromatic rings. The first kappa shape index (κ1) is 11.3. The van der Waals surface area contributed by atoms with Gasteiger partial charge < -0.3 is 19.9 Å². The normalized spacial score (nSPS) is 18.0. The number of carbonyl (C=O) groups excluding carboxylic acids is 1. The molecule has 1 aromatic carbocycles. The maximum absolute atomic E-state index is 11.1. The summed E-state index contributed by atoms with van der Waals surface area (Å²) >= 11 is 0. The zero-order valence-electron chi connectivity index (χ0n) is 19.3. The summed E-state index contributed by atoms with van der Waals surface area (Å²) in [6.45, 7) is -6.90. The van der Waals surface area contributed by atoms with E-state index in [1.807, 2.05) is 0 Å². The van der Waals surface area contributed by atoms with E-state index in [1.165, 1.54) is 7.11 Å². The summed E-state index contributed by atoms with van der Waals surface area (Å²) < 4.78 is 61.5. The van der Waals surface area contributed by atoms with E-state index in [1.54, 1.807) is 24.3 Å². The first-order valence-electron chi connectivity index (χ1n) is 10.0. The largest absolute Gasteiger partial charge is 0.491 e. The molecule has 0 spiro atoms. The molecule has 0 saturated carbocycles. The monoisotopic (exact) mass is 338 g/mol. The standard InChI is InChI=1S/C16H25NO4.ClH/c1-12(2)17-10-14(18)11-21-15-7-4-13(5-8-15)6-9-16(19)20-3;/h4-5,7-8,12,14,17-18H,6,9-11H2,1-3H3;1H/i1D3,2D3,12D;. The lowest BCUT2D eigenvalue weighted by molar-refractivity contribution is -0.140. The van der Waals surface area contributed by atoms with Crippen molar-refractivity contribution in [3.05, 3.63) is 29.8 Å². The van der Waals surface area contributed by atoms with Crippen LogP contribution in [0.5, 0.6) is 5.75 Å². The van der Waals surface area contributed by atoms with Crippen molar-refractivity contribution in [2.75, 3.05) is 20.3 Å². The molecule has 2 N–H and O–H groups in total. The first-order valence-corrected chi connectivity index (χ1v) is 6.52. The number of benzene rings is 1. The highest BCUT2D eigenvalue weighted by molar-refractivity contribution is 5.85. The van der Waals surface area contributed by atoms with Crippen LogP contribution >= 0.6 is 12.4 Å². The summed E-state index contributed by atoms with van der Waals surface area (Å²) in [6.07, 6.45) is -0.466. The number of nitrogens with one attached hydrogen (secondary N) is 1. The summed E-state index contributed by atoms with van der Waals surface area (Å²) in [4.78, 5) is 11.1. The van der Waals surface area contributed by atoms with Crippen molar-refractivity contribution in [1.82, 2.24) is 5.32 Å². The molecule has 0 bridgehead atoms. The van der Waals surface area contributed by atoms with E-state index in [0.29, 0.717) is 12.2 Å². The lowest BCUT2D eigenvalue weighted by atomic mass is 10.1. The van der Waals surface area contributed by atoms with Crippen LogP contribution in [0.3, 0.4) is 0 Å². The van der Waals surface area contributed by atoms with Gasteiger partial charge in [0.25, 0.3) is 0 Å². The third kappa shape index (κ3) is 8.87. The minimum Gasteiger partial charge on any atom is -0.491 e. The van der Waals surface area contributed by atoms with Crippen LogP contribution in [0.1, 0.15) is 35.3 Å². The number of hydrogen-bond donors (Lipinski definition) is 2. The third-order valence-electron chi connectivity index (χ3n) is 2.73. The predicted molar refractivity (Wildman–Crippen MR) is 88.7 cm³/mol. The van der Waals surface area contributed by atoms with Gasteiger partial charge in [0.05, 0.1) is 7.11 Å². The van der Waals surface area contributed by atoms with E-state index < -0.39 is 32.4 Å². The second-order valence-corrected chi connectivity index (χ2v) is 4.44. The Morgan fingerprint density at radius 2 is 2.09 bits per heavy atom. The van der Waals surface area contributed by atoms with E-state index in [2.05, 4.69) is 10.1 Å². The van der Waals surface area contributed by atoms with E-state index >= 15 is 0 Å². The van der Waals surface area contributed by atoms with Crippen molar-refractivity contribution in [1.29, 1.82) is 0 Å². The van der Waals surface area contributed by atoms with Crippen LogP contribution in [0.2, 0.25) is 0 Å². The fourth-order valence-corrected chi connectivity index (χ4v) is 1.57. The summed E-state index contributed by atoms with van der Waals surface area (Å²) in [7, 11) is 1.32. The maximum atomic E-state index is 11.1. The predicted octanol–water partition coefficient (Wildman–Crippen LogP) is 1.95. The SMILES string of the molecule is Cl.[2H]C([2H])([2H])C([2H])(NCC(O)COc1ccc(CCC(=O)OC)cc1)C([2H])([2H])[2H]. The van der Waals surface area contributed by atoms with Crippen LogP contribution in [0.15, 0.2) is 24.3 Å². The van der Waals surface area contributed by atoms with Gasteiger partial charge >= 0.3 is 5.97 Å². The van der Waals surface area contributed by atoms with Crippen molar-refractivity contribution in [3.8, 4) is 5.75 Å². The van der Waals surface area contributed by atoms with Gasteiger partial charge in [0, 0.05) is 28.6 Å². The number of carbonyl (C=O) groups is 1. The molecule has 1 unspecified atom stereocenters. The van der Waals surface area contributed by atoms with Crippen molar-refractivity contribution < 1.29 is 29.0 Å². The molecular formula is C16H26ClNO4. The van der Waals surface area contributed by atoms with Crippen LogP contribution in [-0.4, -0.2) is 43.5 Å². The van der Waals surface area contributed by atoms with Crippen molar-refractivity contribution in [2.24, 2.45) is 0 Å². The highest BCUT2D eigenvalue weighted by Gasteiger charge is 2.06. The second-order valence-electron chi connectivity index (χ2n) is 4.44. The summed E-state index contributed by atoms with van der Waals surface area (Å²) in [6, 6.07) is 3.89. The van der Waals surface area contributed by atoms with Crippen molar-refractivity contribution >= 4 is 18.4 Å². The molecule has 6 heteroatoms. The Kier molecular flexibility index (Phi) is 5.78. The van der Waals surface area contributed by atoms with Gasteiger partial charge in [-0.05, 0) is 24.1 Å². The number of halogens is 1. The van der Waals surface area contributed by atoms with E-state index in [4.69, 9.17) is 14.3 Å². The maximum Gasteiger partial charge on any atom is 0.305 e. The summed E-state index contributed by atoms with van der Waals surface area (Å²) in [5, 5.41) is 12.1. The number of rotatable bonds is 9. The Bertz CT molecular complexity index is 624. The van der Waals surface area contributed by atoms with Crippen LogP contribution in [0.4, 0.5) is 0 Å². The van der Waals surface area contributed by atoms with Gasteiger partial charge in [-0.25, -0.2) is 0 Å². The molecule has 0 radical (unpaired) electrons. The van der Waals surface area contributed by atoms with Gasteiger partial charge in [-0.2, -0.15) is 0 Å². The molecule has 1 atom stereocenters. The Labute approximate surface area is 148 Å². The smallest absolute Gasteiger partial charge is 0.305 e. The van der Waals surface area contributed by atoms with E-state index in [-0.39, 0.29) is 31.4 Å². The molecule has 0 amide bonds. The average Bonchev–Trinajstić information content (AvgIpc) is 2.61. The molecule has 1 rings (SSSR count). The van der Waals surface area contributed by atoms with Gasteiger partial charge in [0.15, 0.2) is 0 Å². The van der Waals surface area contributed by atoms with Crippen LogP contribution < -0.4 is 10.1 Å². The highest BCUT2D eigenvalue weighted by atomic mass is 35.5. The summed E-state index contributed by atoms with van der Waals surface area (Å²) in [5.41, 5.74) is 0.898. The number of aliphatic hydroxyl groups is 1. The molecule has 0 aliphatic carbocycles. The molecule has 22 heavy (non-hydrogen) atoms. The van der Waals surface area contributed by atoms with Crippen LogP contribution in [-0.2, 0) is 16.0 Å². The molecule has 0 aliphatic heterocycles. The topological polar surface area (TPSA) is 67.8 Å². The van der Waals surface area contributed by atoms with Gasteiger partial charge in [-0.15, -0.1) is 12.4 Å². The van der Waals surface area contributed by atoms with E-state index in [0.717, 1.165) is 5.56 Å². The highest BCUT2D eigenvalue weighted by Crippen LogP contribution is 2.13. The lowest BCUT2D eigenvalue weighted by Gasteiger charge is -2.15. The Morgan fingerprint density at radius 1 is 1.41 bits per heavy atom. The Hall–Kier alpha value is -1.30. The quantitative estimate of drug-likeness (QED) is 0.674. The van der Waals surface area contributed by atoms with Gasteiger partial charge in [-0.3, -0.25) is 4.79 Å². The number of aryl methyl sites for hydroxylation is 1. The van der Waals surface area contributed by atoms with Crippen LogP contribution in [0, 0.1) is 0 Å². The lowest BCUT2D eigenvalue weighted by Crippen LogP contribution is -2.35. The second kappa shape index (κ2) is 11.3. The Balaban J connectivity index is 0.00000784. The fourth-order valence-electron chi connectivity index (χ4n) is 1.57. The number of methoxy groups -OCH3 is 1. The van der Waals surface area contributed by atoms with Gasteiger partial charge in [-0.1, -0.05) is 25.8 Å². The molecule has 126 valence electrons.